The van der Waals surface area contributed by atoms with Crippen molar-refractivity contribution in [2.24, 2.45) is 11.7 Å². The zero-order valence-electron chi connectivity index (χ0n) is 18.8. The van der Waals surface area contributed by atoms with Gasteiger partial charge in [0.2, 0.25) is 17.6 Å². The Bertz CT molecular complexity index is 758. The van der Waals surface area contributed by atoms with Gasteiger partial charge in [0, 0.05) is 18.5 Å². The number of fused-ring (bicyclic) bond motifs is 1. The van der Waals surface area contributed by atoms with Gasteiger partial charge in [0.15, 0.2) is 0 Å². The van der Waals surface area contributed by atoms with Gasteiger partial charge < -0.3 is 21.3 Å². The quantitative estimate of drug-likeness (QED) is 0.443. The molecule has 4 N–H and O–H groups in total. The number of nitrogens with two attached hydrogens (primary N) is 1. The van der Waals surface area contributed by atoms with Crippen molar-refractivity contribution in [3.8, 4) is 12.3 Å². The van der Waals surface area contributed by atoms with E-state index >= 15 is 0 Å². The minimum absolute atomic E-state index is 0.0640. The summed E-state index contributed by atoms with van der Waals surface area (Å²) in [5.41, 5.74) is 6.16. The molecule has 1 aliphatic carbocycles. The number of nitrogens with one attached hydrogen (secondary N) is 2. The summed E-state index contributed by atoms with van der Waals surface area (Å²) >= 11 is 0. The van der Waals surface area contributed by atoms with Crippen molar-refractivity contribution in [2.75, 3.05) is 6.54 Å². The Morgan fingerprint density at radius 1 is 1.00 bits per heavy atom. The predicted octanol–water partition coefficient (Wildman–Crippen LogP) is 1.02. The van der Waals surface area contributed by atoms with Crippen LogP contribution in [0, 0.1) is 18.3 Å². The molecule has 0 aromatic carbocycles. The molecule has 3 fully saturated rings. The van der Waals surface area contributed by atoms with Gasteiger partial charge in [0.1, 0.15) is 6.04 Å². The third kappa shape index (κ3) is 6.55. The highest BCUT2D eigenvalue weighted by atomic mass is 16.2. The Morgan fingerprint density at radius 2 is 1.62 bits per heavy atom. The van der Waals surface area contributed by atoms with Crippen LogP contribution in [0.15, 0.2) is 0 Å². The van der Waals surface area contributed by atoms with E-state index in [4.69, 9.17) is 12.2 Å². The van der Waals surface area contributed by atoms with E-state index in [0.717, 1.165) is 57.8 Å². The van der Waals surface area contributed by atoms with Gasteiger partial charge in [-0.2, -0.15) is 0 Å². The summed E-state index contributed by atoms with van der Waals surface area (Å²) in [6.07, 6.45) is 15.4. The van der Waals surface area contributed by atoms with E-state index in [1.54, 1.807) is 0 Å². The molecule has 3 aliphatic rings. The summed E-state index contributed by atoms with van der Waals surface area (Å²) in [6.45, 7) is 0.280. The Hall–Kier alpha value is -2.40. The van der Waals surface area contributed by atoms with E-state index in [1.807, 2.05) is 0 Å². The number of hydrogen-bond donors (Lipinski definition) is 3. The average Bonchev–Trinajstić information content (AvgIpc) is 3.49. The minimum atomic E-state index is -0.898. The summed E-state index contributed by atoms with van der Waals surface area (Å²) in [5, 5.41) is 5.49. The van der Waals surface area contributed by atoms with Gasteiger partial charge in [-0.05, 0) is 32.1 Å². The fourth-order valence-electron chi connectivity index (χ4n) is 4.56. The molecule has 3 amide bonds. The van der Waals surface area contributed by atoms with Crippen molar-refractivity contribution >= 4 is 23.5 Å². The van der Waals surface area contributed by atoms with Crippen LogP contribution in [0.5, 0.6) is 0 Å². The molecule has 3 rings (SSSR count). The molecule has 0 bridgehead atoms. The normalized spacial score (nSPS) is 30.7. The number of carbonyl (C=O) groups excluding carboxylic acids is 4. The van der Waals surface area contributed by atoms with Crippen molar-refractivity contribution in [1.29, 1.82) is 0 Å². The lowest BCUT2D eigenvalue weighted by atomic mass is 9.99. The smallest absolute Gasteiger partial charge is 0.289 e. The highest BCUT2D eigenvalue weighted by molar-refractivity contribution is 6.38. The molecular formula is C24H36N4O4. The maximum absolute atomic E-state index is 13.2. The van der Waals surface area contributed by atoms with Crippen LogP contribution < -0.4 is 16.4 Å². The van der Waals surface area contributed by atoms with Gasteiger partial charge in [0.25, 0.3) is 5.91 Å². The first-order valence-corrected chi connectivity index (χ1v) is 12.1. The Balaban J connectivity index is 1.75. The molecule has 2 saturated heterocycles. The Labute approximate surface area is 190 Å². The molecule has 176 valence electrons. The molecule has 2 heterocycles. The Kier molecular flexibility index (Phi) is 8.68. The number of Topliss-reactive ketones (excluding diaryl/α,β-unsaturated/α-hetero) is 1. The summed E-state index contributed by atoms with van der Waals surface area (Å²) in [5.74, 6) is 0.433. The number of amides is 3. The SMILES string of the molecule is C#C[C@@H]1C[C@H]2C(=O)N[C@H](C(=O)C(=O)NC3CC3)CCCCCCCCC[C@H](N)C(=O)N2C1. The van der Waals surface area contributed by atoms with Crippen LogP contribution in [0.3, 0.4) is 0 Å². The lowest BCUT2D eigenvalue weighted by Crippen LogP contribution is -2.55. The molecule has 2 aliphatic heterocycles. The van der Waals surface area contributed by atoms with Crippen LogP contribution in [-0.4, -0.2) is 59.1 Å². The maximum atomic E-state index is 13.2. The van der Waals surface area contributed by atoms with Crippen LogP contribution in [0.2, 0.25) is 0 Å². The number of carbonyl (C=O) groups is 4. The molecule has 0 unspecified atom stereocenters. The average molecular weight is 445 g/mol. The summed E-state index contributed by atoms with van der Waals surface area (Å²) < 4.78 is 0. The van der Waals surface area contributed by atoms with Gasteiger partial charge in [-0.1, -0.05) is 44.9 Å². The largest absolute Gasteiger partial charge is 0.347 e. The van der Waals surface area contributed by atoms with Crippen LogP contribution >= 0.6 is 0 Å². The molecule has 32 heavy (non-hydrogen) atoms. The van der Waals surface area contributed by atoms with Gasteiger partial charge >= 0.3 is 0 Å². The lowest BCUT2D eigenvalue weighted by molar-refractivity contribution is -0.142. The van der Waals surface area contributed by atoms with Gasteiger partial charge in [0.05, 0.1) is 12.1 Å². The second-order valence-electron chi connectivity index (χ2n) is 9.44. The highest BCUT2D eigenvalue weighted by Crippen LogP contribution is 2.25. The summed E-state index contributed by atoms with van der Waals surface area (Å²) in [6, 6.07) is -2.28. The highest BCUT2D eigenvalue weighted by Gasteiger charge is 2.42. The van der Waals surface area contributed by atoms with Crippen molar-refractivity contribution in [2.45, 2.75) is 101 Å². The van der Waals surface area contributed by atoms with Crippen molar-refractivity contribution in [1.82, 2.24) is 15.5 Å². The van der Waals surface area contributed by atoms with Crippen LogP contribution in [0.4, 0.5) is 0 Å². The zero-order valence-corrected chi connectivity index (χ0v) is 18.8. The van der Waals surface area contributed by atoms with Gasteiger partial charge in [-0.3, -0.25) is 19.2 Å². The van der Waals surface area contributed by atoms with Gasteiger partial charge in [-0.25, -0.2) is 0 Å². The van der Waals surface area contributed by atoms with Crippen molar-refractivity contribution in [3.63, 3.8) is 0 Å². The number of rotatable bonds is 3. The fraction of sp³-hybridized carbons (Fsp3) is 0.750. The third-order valence-electron chi connectivity index (χ3n) is 6.72. The molecule has 0 spiro atoms. The molecule has 8 nitrogen and oxygen atoms in total. The first-order valence-electron chi connectivity index (χ1n) is 12.1. The molecule has 8 heteroatoms. The standard InChI is InChI=1S/C24H36N4O4/c1-2-16-14-20-22(30)27-19(21(29)23(31)26-17-12-13-17)11-9-7-5-3-4-6-8-10-18(25)24(32)28(20)15-16/h1,16-20H,3-15,25H2,(H,26,31)(H,27,30)/t16-,18+,19+,20+/m1/s1. The zero-order chi connectivity index (χ0) is 23.1. The van der Waals surface area contributed by atoms with E-state index < -0.39 is 35.7 Å². The lowest BCUT2D eigenvalue weighted by Gasteiger charge is -2.28. The number of terminal acetylenes is 1. The molecular weight excluding hydrogens is 408 g/mol. The Morgan fingerprint density at radius 3 is 2.25 bits per heavy atom. The summed E-state index contributed by atoms with van der Waals surface area (Å²) in [7, 11) is 0. The second-order valence-corrected chi connectivity index (χ2v) is 9.44. The topological polar surface area (TPSA) is 122 Å². The van der Waals surface area contributed by atoms with Crippen LogP contribution in [0.1, 0.15) is 77.0 Å². The predicted molar refractivity (Wildman–Crippen MR) is 120 cm³/mol. The monoisotopic (exact) mass is 444 g/mol. The first-order chi connectivity index (χ1) is 15.4. The van der Waals surface area contributed by atoms with Crippen molar-refractivity contribution < 1.29 is 19.2 Å². The molecule has 1 saturated carbocycles. The van der Waals surface area contributed by atoms with E-state index in [1.165, 1.54) is 4.90 Å². The fourth-order valence-corrected chi connectivity index (χ4v) is 4.56. The number of hydrogen-bond acceptors (Lipinski definition) is 5. The molecule has 0 radical (unpaired) electrons. The van der Waals surface area contributed by atoms with Gasteiger partial charge in [-0.15, -0.1) is 12.3 Å². The van der Waals surface area contributed by atoms with E-state index in [2.05, 4.69) is 16.6 Å². The van der Waals surface area contributed by atoms with E-state index in [9.17, 15) is 19.2 Å². The third-order valence-corrected chi connectivity index (χ3v) is 6.72. The van der Waals surface area contributed by atoms with Crippen LogP contribution in [-0.2, 0) is 19.2 Å². The summed E-state index contributed by atoms with van der Waals surface area (Å²) in [4.78, 5) is 52.8. The molecule has 4 atom stereocenters. The van der Waals surface area contributed by atoms with Crippen LogP contribution in [0.25, 0.3) is 0 Å². The number of ketones is 1. The molecule has 0 aromatic heterocycles. The minimum Gasteiger partial charge on any atom is -0.347 e. The first kappa shape index (κ1) is 24.2. The second kappa shape index (κ2) is 11.5. The van der Waals surface area contributed by atoms with E-state index in [0.29, 0.717) is 19.3 Å². The van der Waals surface area contributed by atoms with Crippen molar-refractivity contribution in [3.05, 3.63) is 0 Å². The number of nitrogens with zero attached hydrogens (tertiary/aromatic N) is 1. The maximum Gasteiger partial charge on any atom is 0.289 e. The van der Waals surface area contributed by atoms with E-state index in [-0.39, 0.29) is 24.4 Å². The molecule has 0 aromatic rings.